The van der Waals surface area contributed by atoms with E-state index in [1.54, 1.807) is 29.7 Å². The van der Waals surface area contributed by atoms with Gasteiger partial charge in [0.1, 0.15) is 16.8 Å². The molecule has 0 atom stereocenters. The number of hydrogen-bond acceptors (Lipinski definition) is 4. The minimum Gasteiger partial charge on any atom is -0.465 e. The zero-order valence-corrected chi connectivity index (χ0v) is 9.53. The van der Waals surface area contributed by atoms with Gasteiger partial charge in [-0.15, -0.1) is 11.3 Å². The first-order valence-corrected chi connectivity index (χ1v) is 5.68. The van der Waals surface area contributed by atoms with Crippen molar-refractivity contribution in [3.05, 3.63) is 47.2 Å². The van der Waals surface area contributed by atoms with Gasteiger partial charge in [0.2, 0.25) is 5.91 Å². The Bertz CT molecular complexity index is 576. The predicted molar refractivity (Wildman–Crippen MR) is 65.4 cm³/mol. The van der Waals surface area contributed by atoms with Crippen molar-refractivity contribution in [2.24, 2.45) is 0 Å². The zero-order valence-electron chi connectivity index (χ0n) is 8.71. The van der Waals surface area contributed by atoms with Crippen LogP contribution in [0, 0.1) is 11.3 Å². The van der Waals surface area contributed by atoms with Crippen LogP contribution in [0.3, 0.4) is 0 Å². The Labute approximate surface area is 102 Å². The first-order chi connectivity index (χ1) is 8.29. The van der Waals surface area contributed by atoms with E-state index in [-0.39, 0.29) is 5.91 Å². The molecular formula is C12H8N2O2S. The van der Waals surface area contributed by atoms with Crippen molar-refractivity contribution in [3.8, 4) is 6.07 Å². The lowest BCUT2D eigenvalue weighted by atomic mass is 10.3. The van der Waals surface area contributed by atoms with Gasteiger partial charge in [0.25, 0.3) is 0 Å². The summed E-state index contributed by atoms with van der Waals surface area (Å²) >= 11 is 1.31. The van der Waals surface area contributed by atoms with Gasteiger partial charge < -0.3 is 9.73 Å². The van der Waals surface area contributed by atoms with E-state index in [1.165, 1.54) is 23.7 Å². The van der Waals surface area contributed by atoms with E-state index in [0.29, 0.717) is 16.3 Å². The summed E-state index contributed by atoms with van der Waals surface area (Å²) in [6, 6.07) is 7.15. The quantitative estimate of drug-likeness (QED) is 0.844. The molecule has 0 saturated carbocycles. The number of amides is 1. The molecule has 0 aliphatic rings. The average Bonchev–Trinajstić information content (AvgIpc) is 2.97. The molecule has 1 amide bonds. The van der Waals surface area contributed by atoms with E-state index in [0.717, 1.165) is 0 Å². The summed E-state index contributed by atoms with van der Waals surface area (Å²) < 4.78 is 5.05. The lowest BCUT2D eigenvalue weighted by Gasteiger charge is -1.97. The normalized spacial score (nSPS) is 10.3. The molecule has 0 aliphatic carbocycles. The highest BCUT2D eigenvalue weighted by atomic mass is 32.1. The molecule has 17 heavy (non-hydrogen) atoms. The van der Waals surface area contributed by atoms with Crippen LogP contribution in [0.2, 0.25) is 0 Å². The number of carbonyl (C=O) groups excluding carboxylic acids is 1. The summed E-state index contributed by atoms with van der Waals surface area (Å²) in [6.07, 6.45) is 4.46. The van der Waals surface area contributed by atoms with Crippen molar-refractivity contribution in [1.82, 2.24) is 0 Å². The summed E-state index contributed by atoms with van der Waals surface area (Å²) in [6.45, 7) is 0. The van der Waals surface area contributed by atoms with Gasteiger partial charge in [-0.25, -0.2) is 0 Å². The van der Waals surface area contributed by atoms with Crippen molar-refractivity contribution < 1.29 is 9.21 Å². The second-order valence-electron chi connectivity index (χ2n) is 3.11. The Morgan fingerprint density at radius 1 is 1.53 bits per heavy atom. The minimum atomic E-state index is -0.291. The summed E-state index contributed by atoms with van der Waals surface area (Å²) in [5.41, 5.74) is 0.467. The van der Waals surface area contributed by atoms with Gasteiger partial charge in [-0.05, 0) is 29.7 Å². The number of anilines is 1. The standard InChI is InChI=1S/C12H8N2O2S/c13-8-9-5-7-17-12(9)14-11(15)4-3-10-2-1-6-16-10/h1-7H,(H,14,15)/b4-3+. The number of nitrogens with one attached hydrogen (secondary N) is 1. The summed E-state index contributed by atoms with van der Waals surface area (Å²) in [4.78, 5) is 11.5. The van der Waals surface area contributed by atoms with Gasteiger partial charge >= 0.3 is 0 Å². The summed E-state index contributed by atoms with van der Waals surface area (Å²) in [5.74, 6) is 0.312. The third kappa shape index (κ3) is 2.83. The summed E-state index contributed by atoms with van der Waals surface area (Å²) in [5, 5.41) is 13.7. The van der Waals surface area contributed by atoms with E-state index in [1.807, 2.05) is 6.07 Å². The number of nitrogens with zero attached hydrogens (tertiary/aromatic N) is 1. The number of thiophene rings is 1. The SMILES string of the molecule is N#Cc1ccsc1NC(=O)/C=C/c1ccco1. The van der Waals surface area contributed by atoms with E-state index in [9.17, 15) is 4.79 Å². The Balaban J connectivity index is 2.01. The summed E-state index contributed by atoms with van der Waals surface area (Å²) in [7, 11) is 0. The smallest absolute Gasteiger partial charge is 0.249 e. The molecule has 1 N–H and O–H groups in total. The van der Waals surface area contributed by atoms with Crippen LogP contribution in [0.5, 0.6) is 0 Å². The molecule has 84 valence electrons. The molecule has 0 saturated heterocycles. The lowest BCUT2D eigenvalue weighted by Crippen LogP contribution is -2.07. The first-order valence-electron chi connectivity index (χ1n) is 4.80. The van der Waals surface area contributed by atoms with Gasteiger partial charge in [0.15, 0.2) is 0 Å². The Kier molecular flexibility index (Phi) is 3.38. The Morgan fingerprint density at radius 3 is 3.12 bits per heavy atom. The molecule has 2 aromatic heterocycles. The highest BCUT2D eigenvalue weighted by Gasteiger charge is 2.05. The fourth-order valence-electron chi connectivity index (χ4n) is 1.19. The molecule has 0 radical (unpaired) electrons. The highest BCUT2D eigenvalue weighted by Crippen LogP contribution is 2.21. The van der Waals surface area contributed by atoms with Crippen LogP contribution in [-0.4, -0.2) is 5.91 Å². The highest BCUT2D eigenvalue weighted by molar-refractivity contribution is 7.14. The largest absolute Gasteiger partial charge is 0.465 e. The first kappa shape index (κ1) is 11.2. The van der Waals surface area contributed by atoms with E-state index in [4.69, 9.17) is 9.68 Å². The van der Waals surface area contributed by atoms with Crippen LogP contribution in [-0.2, 0) is 4.79 Å². The lowest BCUT2D eigenvalue weighted by molar-refractivity contribution is -0.111. The van der Waals surface area contributed by atoms with Gasteiger partial charge in [0, 0.05) is 6.08 Å². The maximum absolute atomic E-state index is 11.5. The second kappa shape index (κ2) is 5.14. The number of furan rings is 1. The molecule has 4 nitrogen and oxygen atoms in total. The third-order valence-electron chi connectivity index (χ3n) is 1.96. The van der Waals surface area contributed by atoms with Crippen LogP contribution >= 0.6 is 11.3 Å². The molecule has 0 fully saturated rings. The number of rotatable bonds is 3. The molecule has 2 heterocycles. The molecule has 0 aromatic carbocycles. The molecule has 2 rings (SSSR count). The van der Waals surface area contributed by atoms with Crippen molar-refractivity contribution in [3.63, 3.8) is 0 Å². The molecule has 0 aliphatic heterocycles. The second-order valence-corrected chi connectivity index (χ2v) is 4.03. The molecule has 5 heteroatoms. The monoisotopic (exact) mass is 244 g/mol. The fourth-order valence-corrected chi connectivity index (χ4v) is 1.93. The maximum Gasteiger partial charge on any atom is 0.249 e. The van der Waals surface area contributed by atoms with Crippen LogP contribution in [0.25, 0.3) is 6.08 Å². The van der Waals surface area contributed by atoms with Gasteiger partial charge in [0.05, 0.1) is 11.8 Å². The number of hydrogen-bond donors (Lipinski definition) is 1. The van der Waals surface area contributed by atoms with Crippen molar-refractivity contribution in [2.75, 3.05) is 5.32 Å². The Morgan fingerprint density at radius 2 is 2.41 bits per heavy atom. The number of nitriles is 1. The topological polar surface area (TPSA) is 66.0 Å². The number of carbonyl (C=O) groups is 1. The maximum atomic E-state index is 11.5. The molecule has 0 bridgehead atoms. The Hall–Kier alpha value is -2.32. The van der Waals surface area contributed by atoms with Crippen molar-refractivity contribution >= 4 is 28.3 Å². The fraction of sp³-hybridized carbons (Fsp3) is 0. The van der Waals surface area contributed by atoms with Crippen molar-refractivity contribution in [2.45, 2.75) is 0 Å². The van der Waals surface area contributed by atoms with E-state index >= 15 is 0 Å². The average molecular weight is 244 g/mol. The molecular weight excluding hydrogens is 236 g/mol. The van der Waals surface area contributed by atoms with Gasteiger partial charge in [-0.3, -0.25) is 4.79 Å². The van der Waals surface area contributed by atoms with Gasteiger partial charge in [-0.2, -0.15) is 5.26 Å². The molecule has 2 aromatic rings. The zero-order chi connectivity index (χ0) is 12.1. The van der Waals surface area contributed by atoms with Crippen LogP contribution in [0.15, 0.2) is 40.3 Å². The van der Waals surface area contributed by atoms with Crippen molar-refractivity contribution in [1.29, 1.82) is 5.26 Å². The molecule has 0 unspecified atom stereocenters. The minimum absolute atomic E-state index is 0.291. The van der Waals surface area contributed by atoms with Gasteiger partial charge in [-0.1, -0.05) is 0 Å². The van der Waals surface area contributed by atoms with E-state index in [2.05, 4.69) is 5.32 Å². The molecule has 0 spiro atoms. The third-order valence-corrected chi connectivity index (χ3v) is 2.79. The predicted octanol–water partition coefficient (Wildman–Crippen LogP) is 2.86. The van der Waals surface area contributed by atoms with Crippen LogP contribution < -0.4 is 5.32 Å². The van der Waals surface area contributed by atoms with Crippen LogP contribution in [0.4, 0.5) is 5.00 Å². The van der Waals surface area contributed by atoms with Crippen LogP contribution in [0.1, 0.15) is 11.3 Å². The van der Waals surface area contributed by atoms with E-state index < -0.39 is 0 Å².